The van der Waals surface area contributed by atoms with Crippen molar-refractivity contribution in [2.45, 2.75) is 20.0 Å². The highest BCUT2D eigenvalue weighted by molar-refractivity contribution is 6.12. The van der Waals surface area contributed by atoms with E-state index in [1.807, 2.05) is 13.8 Å². The Hall–Kier alpha value is -3.15. The second kappa shape index (κ2) is 7.39. The van der Waals surface area contributed by atoms with E-state index in [1.165, 1.54) is 19.2 Å². The molecule has 0 fully saturated rings. The fourth-order valence-corrected chi connectivity index (χ4v) is 2.44. The van der Waals surface area contributed by atoms with E-state index in [0.717, 1.165) is 0 Å². The molecule has 0 saturated carbocycles. The molecule has 0 radical (unpaired) electrons. The topological polar surface area (TPSA) is 57.1 Å². The first kappa shape index (κ1) is 17.7. The van der Waals surface area contributed by atoms with Crippen LogP contribution in [0.5, 0.6) is 11.5 Å². The van der Waals surface area contributed by atoms with E-state index in [1.54, 1.807) is 36.4 Å². The Kier molecular flexibility index (Phi) is 5.02. The molecule has 2 aromatic rings. The number of benzene rings is 2. The molecule has 0 spiro atoms. The van der Waals surface area contributed by atoms with Gasteiger partial charge < -0.3 is 14.2 Å². The minimum Gasteiger partial charge on any atom is -0.493 e. The number of hydrogen-bond donors (Lipinski definition) is 0. The highest BCUT2D eigenvalue weighted by Gasteiger charge is 2.26. The van der Waals surface area contributed by atoms with Crippen LogP contribution in [0.1, 0.15) is 25.0 Å². The number of methoxy groups -OCH3 is 1. The predicted octanol–water partition coefficient (Wildman–Crippen LogP) is 3.97. The second-order valence-corrected chi connectivity index (χ2v) is 5.89. The van der Waals surface area contributed by atoms with Crippen LogP contribution < -0.4 is 9.47 Å². The van der Waals surface area contributed by atoms with Crippen molar-refractivity contribution in [3.63, 3.8) is 0 Å². The van der Waals surface area contributed by atoms with Gasteiger partial charge in [0.05, 0.1) is 18.8 Å². The number of aliphatic imine (C=N–C) groups is 1. The normalized spacial score (nSPS) is 15.2. The monoisotopic (exact) mass is 355 g/mol. The zero-order valence-electron chi connectivity index (χ0n) is 14.7. The molecule has 1 aliphatic rings. The van der Waals surface area contributed by atoms with Crippen LogP contribution in [0.25, 0.3) is 6.08 Å². The number of carbonyl (C=O) groups is 1. The first-order valence-corrected chi connectivity index (χ1v) is 8.10. The van der Waals surface area contributed by atoms with Gasteiger partial charge in [-0.3, -0.25) is 0 Å². The first-order chi connectivity index (χ1) is 12.5. The minimum atomic E-state index is -0.635. The van der Waals surface area contributed by atoms with Gasteiger partial charge in [-0.1, -0.05) is 18.2 Å². The van der Waals surface area contributed by atoms with E-state index in [2.05, 4.69) is 4.99 Å². The van der Waals surface area contributed by atoms with Gasteiger partial charge >= 0.3 is 5.97 Å². The van der Waals surface area contributed by atoms with Gasteiger partial charge in [0.25, 0.3) is 0 Å². The van der Waals surface area contributed by atoms with E-state index in [0.29, 0.717) is 17.1 Å². The van der Waals surface area contributed by atoms with Crippen LogP contribution in [-0.4, -0.2) is 25.1 Å². The molecule has 0 N–H and O–H groups in total. The molecule has 0 aliphatic carbocycles. The van der Waals surface area contributed by atoms with Crippen molar-refractivity contribution in [3.8, 4) is 11.5 Å². The maximum atomic E-state index is 13.8. The van der Waals surface area contributed by atoms with Gasteiger partial charge in [0.1, 0.15) is 5.82 Å². The van der Waals surface area contributed by atoms with Crippen molar-refractivity contribution < 1.29 is 23.4 Å². The average Bonchev–Trinajstić information content (AvgIpc) is 2.96. The fourth-order valence-electron chi connectivity index (χ4n) is 2.44. The lowest BCUT2D eigenvalue weighted by molar-refractivity contribution is -0.129. The molecule has 0 amide bonds. The van der Waals surface area contributed by atoms with Crippen molar-refractivity contribution >= 4 is 17.9 Å². The third-order valence-electron chi connectivity index (χ3n) is 3.58. The Morgan fingerprint density at radius 3 is 2.62 bits per heavy atom. The summed E-state index contributed by atoms with van der Waals surface area (Å²) in [4.78, 5) is 16.2. The molecule has 0 unspecified atom stereocenters. The van der Waals surface area contributed by atoms with Gasteiger partial charge in [-0.05, 0) is 49.8 Å². The molecule has 134 valence electrons. The zero-order valence-corrected chi connectivity index (χ0v) is 14.7. The molecule has 0 saturated heterocycles. The smallest absolute Gasteiger partial charge is 0.363 e. The van der Waals surface area contributed by atoms with Crippen LogP contribution in [0, 0.1) is 5.82 Å². The Bertz CT molecular complexity index is 902. The second-order valence-electron chi connectivity index (χ2n) is 5.89. The van der Waals surface area contributed by atoms with Crippen LogP contribution >= 0.6 is 0 Å². The number of rotatable bonds is 5. The van der Waals surface area contributed by atoms with Gasteiger partial charge in [-0.25, -0.2) is 14.2 Å². The van der Waals surface area contributed by atoms with Crippen molar-refractivity contribution in [3.05, 3.63) is 65.1 Å². The maximum Gasteiger partial charge on any atom is 0.363 e. The predicted molar refractivity (Wildman–Crippen MR) is 95.8 cm³/mol. The molecule has 6 heteroatoms. The van der Waals surface area contributed by atoms with E-state index in [-0.39, 0.29) is 23.3 Å². The third-order valence-corrected chi connectivity index (χ3v) is 3.58. The summed E-state index contributed by atoms with van der Waals surface area (Å²) in [5.74, 6) is -0.0418. The maximum absolute atomic E-state index is 13.8. The van der Waals surface area contributed by atoms with Crippen molar-refractivity contribution in [2.75, 3.05) is 7.11 Å². The Balaban J connectivity index is 1.92. The highest BCUT2D eigenvalue weighted by Crippen LogP contribution is 2.30. The number of hydrogen-bond acceptors (Lipinski definition) is 5. The zero-order chi connectivity index (χ0) is 18.7. The molecule has 1 heterocycles. The standard InChI is InChI=1S/C20H18FNO4/c1-12(2)25-17-9-8-13(11-18(17)24-3)10-16-20(23)26-19(22-16)14-6-4-5-7-15(14)21/h4-12H,1-3H3/b16-10-. The molecule has 2 aromatic carbocycles. The number of halogens is 1. The molecular formula is C20H18FNO4. The lowest BCUT2D eigenvalue weighted by Gasteiger charge is -2.13. The average molecular weight is 355 g/mol. The number of cyclic esters (lactones) is 1. The highest BCUT2D eigenvalue weighted by atomic mass is 19.1. The van der Waals surface area contributed by atoms with Gasteiger partial charge in [-0.2, -0.15) is 0 Å². The molecular weight excluding hydrogens is 337 g/mol. The molecule has 0 aromatic heterocycles. The Labute approximate surface area is 150 Å². The van der Waals surface area contributed by atoms with Crippen molar-refractivity contribution in [2.24, 2.45) is 4.99 Å². The SMILES string of the molecule is COc1cc(/C=C2\N=C(c3ccccc3F)OC2=O)ccc1OC(C)C. The number of esters is 1. The molecule has 5 nitrogen and oxygen atoms in total. The number of carbonyl (C=O) groups excluding carboxylic acids is 1. The van der Waals surface area contributed by atoms with Gasteiger partial charge in [0.15, 0.2) is 17.2 Å². The van der Waals surface area contributed by atoms with Gasteiger partial charge in [0.2, 0.25) is 5.90 Å². The van der Waals surface area contributed by atoms with E-state index < -0.39 is 11.8 Å². The van der Waals surface area contributed by atoms with Crippen LogP contribution in [0.4, 0.5) is 4.39 Å². The lowest BCUT2D eigenvalue weighted by Crippen LogP contribution is -2.07. The van der Waals surface area contributed by atoms with Crippen molar-refractivity contribution in [1.29, 1.82) is 0 Å². The molecule has 0 atom stereocenters. The van der Waals surface area contributed by atoms with Crippen LogP contribution in [0.3, 0.4) is 0 Å². The quantitative estimate of drug-likeness (QED) is 0.602. The minimum absolute atomic E-state index is 0.00541. The Morgan fingerprint density at radius 2 is 1.92 bits per heavy atom. The fraction of sp³-hybridized carbons (Fsp3) is 0.200. The lowest BCUT2D eigenvalue weighted by atomic mass is 10.1. The van der Waals surface area contributed by atoms with Crippen molar-refractivity contribution in [1.82, 2.24) is 0 Å². The third kappa shape index (κ3) is 3.74. The van der Waals surface area contributed by atoms with Gasteiger partial charge in [0, 0.05) is 0 Å². The molecule has 1 aliphatic heterocycles. The van der Waals surface area contributed by atoms with E-state index in [9.17, 15) is 9.18 Å². The van der Waals surface area contributed by atoms with Crippen LogP contribution in [-0.2, 0) is 9.53 Å². The van der Waals surface area contributed by atoms with Crippen LogP contribution in [0.15, 0.2) is 53.2 Å². The van der Waals surface area contributed by atoms with Crippen LogP contribution in [0.2, 0.25) is 0 Å². The first-order valence-electron chi connectivity index (χ1n) is 8.10. The molecule has 26 heavy (non-hydrogen) atoms. The Morgan fingerprint density at radius 1 is 1.15 bits per heavy atom. The number of nitrogens with zero attached hydrogens (tertiary/aromatic N) is 1. The molecule has 3 rings (SSSR count). The summed E-state index contributed by atoms with van der Waals surface area (Å²) in [6, 6.07) is 11.3. The van der Waals surface area contributed by atoms with E-state index >= 15 is 0 Å². The summed E-state index contributed by atoms with van der Waals surface area (Å²) in [5.41, 5.74) is 0.911. The summed E-state index contributed by atoms with van der Waals surface area (Å²) < 4.78 is 29.9. The van der Waals surface area contributed by atoms with Gasteiger partial charge in [-0.15, -0.1) is 0 Å². The molecule has 0 bridgehead atoms. The summed E-state index contributed by atoms with van der Waals surface area (Å²) in [7, 11) is 1.54. The summed E-state index contributed by atoms with van der Waals surface area (Å²) in [6.07, 6.45) is 1.56. The summed E-state index contributed by atoms with van der Waals surface area (Å²) >= 11 is 0. The summed E-state index contributed by atoms with van der Waals surface area (Å²) in [5, 5.41) is 0. The van der Waals surface area contributed by atoms with E-state index in [4.69, 9.17) is 14.2 Å². The number of ether oxygens (including phenoxy) is 3. The largest absolute Gasteiger partial charge is 0.493 e. The summed E-state index contributed by atoms with van der Waals surface area (Å²) in [6.45, 7) is 3.84.